The number of nitrogens with one attached hydrogen (secondary N) is 1. The second kappa shape index (κ2) is 5.37. The molecular formula is C14H10N2O4S. The normalized spacial score (nSPS) is 10.7. The molecule has 6 nitrogen and oxygen atoms in total. The minimum Gasteiger partial charge on any atom is -0.475 e. The number of aromatic carboxylic acids is 1. The SMILES string of the molecule is O=C(NCc1c(C(=O)O)oc2ccccc12)c1cscn1. The van der Waals surface area contributed by atoms with E-state index in [1.807, 2.05) is 0 Å². The number of thiazole rings is 1. The van der Waals surface area contributed by atoms with Crippen LogP contribution in [-0.2, 0) is 6.54 Å². The lowest BCUT2D eigenvalue weighted by molar-refractivity contribution is 0.0662. The van der Waals surface area contributed by atoms with Gasteiger partial charge in [-0.05, 0) is 6.07 Å². The van der Waals surface area contributed by atoms with Gasteiger partial charge in [0.2, 0.25) is 5.76 Å². The third kappa shape index (κ3) is 2.50. The number of fused-ring (bicyclic) bond motifs is 1. The summed E-state index contributed by atoms with van der Waals surface area (Å²) in [5.41, 5.74) is 2.80. The zero-order chi connectivity index (χ0) is 14.8. The van der Waals surface area contributed by atoms with Gasteiger partial charge in [-0.25, -0.2) is 9.78 Å². The Morgan fingerprint density at radius 3 is 2.86 bits per heavy atom. The van der Waals surface area contributed by atoms with Crippen LogP contribution in [0.1, 0.15) is 26.6 Å². The van der Waals surface area contributed by atoms with E-state index in [0.717, 1.165) is 0 Å². The fourth-order valence-corrected chi connectivity index (χ4v) is 2.56. The number of carbonyl (C=O) groups excluding carboxylic acids is 1. The van der Waals surface area contributed by atoms with Crippen molar-refractivity contribution in [2.24, 2.45) is 0 Å². The summed E-state index contributed by atoms with van der Waals surface area (Å²) < 4.78 is 5.32. The van der Waals surface area contributed by atoms with Gasteiger partial charge in [0.15, 0.2) is 0 Å². The molecule has 3 rings (SSSR count). The van der Waals surface area contributed by atoms with Gasteiger partial charge in [0.25, 0.3) is 5.91 Å². The number of furan rings is 1. The minimum atomic E-state index is -1.16. The number of hydrogen-bond acceptors (Lipinski definition) is 5. The first-order valence-corrected chi connectivity index (χ1v) is 7.01. The standard InChI is InChI=1S/C14H10N2O4S/c17-13(10-6-21-7-16-10)15-5-9-8-3-1-2-4-11(8)20-12(9)14(18)19/h1-4,6-7H,5H2,(H,15,17)(H,18,19). The molecule has 0 aliphatic rings. The quantitative estimate of drug-likeness (QED) is 0.772. The highest BCUT2D eigenvalue weighted by atomic mass is 32.1. The highest BCUT2D eigenvalue weighted by molar-refractivity contribution is 7.07. The van der Waals surface area contributed by atoms with Gasteiger partial charge in [0.1, 0.15) is 11.3 Å². The molecule has 106 valence electrons. The summed E-state index contributed by atoms with van der Waals surface area (Å²) in [6, 6.07) is 6.99. The molecule has 7 heteroatoms. The number of benzene rings is 1. The Balaban J connectivity index is 1.90. The number of hydrogen-bond donors (Lipinski definition) is 2. The lowest BCUT2D eigenvalue weighted by Gasteiger charge is -2.03. The number of aromatic nitrogens is 1. The average Bonchev–Trinajstić information content (AvgIpc) is 3.12. The van der Waals surface area contributed by atoms with Gasteiger partial charge in [-0.1, -0.05) is 18.2 Å². The predicted octanol–water partition coefficient (Wildman–Crippen LogP) is 2.52. The Labute approximate surface area is 123 Å². The molecule has 0 aliphatic heterocycles. The van der Waals surface area contributed by atoms with E-state index >= 15 is 0 Å². The first-order chi connectivity index (χ1) is 10.2. The molecule has 0 aliphatic carbocycles. The topological polar surface area (TPSA) is 92.4 Å². The fraction of sp³-hybridized carbons (Fsp3) is 0.0714. The first-order valence-electron chi connectivity index (χ1n) is 6.07. The van der Waals surface area contributed by atoms with Crippen molar-refractivity contribution < 1.29 is 19.1 Å². The summed E-state index contributed by atoms with van der Waals surface area (Å²) in [6.07, 6.45) is 0. The molecule has 0 bridgehead atoms. The fourth-order valence-electron chi connectivity index (χ4n) is 2.03. The van der Waals surface area contributed by atoms with Crippen LogP contribution in [0, 0.1) is 0 Å². The smallest absolute Gasteiger partial charge is 0.372 e. The maximum absolute atomic E-state index is 11.9. The van der Waals surface area contributed by atoms with Crippen molar-refractivity contribution in [2.45, 2.75) is 6.54 Å². The van der Waals surface area contributed by atoms with E-state index in [1.165, 1.54) is 11.3 Å². The highest BCUT2D eigenvalue weighted by Crippen LogP contribution is 2.25. The van der Waals surface area contributed by atoms with Crippen molar-refractivity contribution in [3.63, 3.8) is 0 Å². The van der Waals surface area contributed by atoms with Crippen molar-refractivity contribution >= 4 is 34.2 Å². The van der Waals surface area contributed by atoms with Crippen molar-refractivity contribution in [1.29, 1.82) is 0 Å². The molecule has 0 unspecified atom stereocenters. The molecule has 0 radical (unpaired) electrons. The van der Waals surface area contributed by atoms with Gasteiger partial charge >= 0.3 is 5.97 Å². The number of carboxylic acids is 1. The Bertz CT molecular complexity index is 808. The molecule has 2 heterocycles. The Kier molecular flexibility index (Phi) is 3.41. The summed E-state index contributed by atoms with van der Waals surface area (Å²) in [7, 11) is 0. The van der Waals surface area contributed by atoms with Crippen LogP contribution in [0.15, 0.2) is 39.6 Å². The molecule has 1 aromatic carbocycles. The van der Waals surface area contributed by atoms with Gasteiger partial charge in [-0.3, -0.25) is 4.79 Å². The third-order valence-electron chi connectivity index (χ3n) is 2.98. The average molecular weight is 302 g/mol. The number of nitrogens with zero attached hydrogens (tertiary/aromatic N) is 1. The number of carbonyl (C=O) groups is 2. The molecular weight excluding hydrogens is 292 g/mol. The number of rotatable bonds is 4. The Morgan fingerprint density at radius 2 is 2.14 bits per heavy atom. The van der Waals surface area contributed by atoms with Crippen LogP contribution in [0.4, 0.5) is 0 Å². The molecule has 2 N–H and O–H groups in total. The summed E-state index contributed by atoms with van der Waals surface area (Å²) in [5, 5.41) is 14.2. The van der Waals surface area contributed by atoms with Crippen LogP contribution in [-0.4, -0.2) is 22.0 Å². The van der Waals surface area contributed by atoms with Crippen molar-refractivity contribution in [3.05, 3.63) is 52.2 Å². The van der Waals surface area contributed by atoms with Gasteiger partial charge in [-0.15, -0.1) is 11.3 Å². The first kappa shape index (κ1) is 13.3. The lowest BCUT2D eigenvalue weighted by atomic mass is 10.1. The molecule has 0 saturated carbocycles. The van der Waals surface area contributed by atoms with Crippen LogP contribution < -0.4 is 5.32 Å². The summed E-state index contributed by atoms with van der Waals surface area (Å²) >= 11 is 1.32. The van der Waals surface area contributed by atoms with Crippen LogP contribution in [0.5, 0.6) is 0 Å². The van der Waals surface area contributed by atoms with Crippen LogP contribution >= 0.6 is 11.3 Å². The molecule has 0 fully saturated rings. The van der Waals surface area contributed by atoms with E-state index in [2.05, 4.69) is 10.3 Å². The summed E-state index contributed by atoms with van der Waals surface area (Å²) in [6.45, 7) is 0.0645. The molecule has 2 aromatic heterocycles. The zero-order valence-electron chi connectivity index (χ0n) is 10.7. The van der Waals surface area contributed by atoms with Gasteiger partial charge in [0, 0.05) is 22.9 Å². The number of carboxylic acid groups (broad SMARTS) is 1. The van der Waals surface area contributed by atoms with Crippen molar-refractivity contribution in [3.8, 4) is 0 Å². The van der Waals surface area contributed by atoms with Gasteiger partial charge in [-0.2, -0.15) is 0 Å². The summed E-state index contributed by atoms with van der Waals surface area (Å²) in [5.74, 6) is -1.67. The van der Waals surface area contributed by atoms with Crippen molar-refractivity contribution in [2.75, 3.05) is 0 Å². The van der Waals surface area contributed by atoms with Crippen molar-refractivity contribution in [1.82, 2.24) is 10.3 Å². The second-order valence-electron chi connectivity index (χ2n) is 4.27. The largest absolute Gasteiger partial charge is 0.475 e. The number of para-hydroxylation sites is 1. The monoisotopic (exact) mass is 302 g/mol. The van der Waals surface area contributed by atoms with Gasteiger partial charge in [0.05, 0.1) is 5.51 Å². The molecule has 0 atom stereocenters. The Morgan fingerprint density at radius 1 is 1.33 bits per heavy atom. The van der Waals surface area contributed by atoms with E-state index in [-0.39, 0.29) is 18.2 Å². The zero-order valence-corrected chi connectivity index (χ0v) is 11.5. The molecule has 21 heavy (non-hydrogen) atoms. The maximum Gasteiger partial charge on any atom is 0.372 e. The second-order valence-corrected chi connectivity index (χ2v) is 4.99. The Hall–Kier alpha value is -2.67. The molecule has 0 saturated heterocycles. The third-order valence-corrected chi connectivity index (χ3v) is 3.57. The molecule has 3 aromatic rings. The minimum absolute atomic E-state index is 0.0645. The summed E-state index contributed by atoms with van der Waals surface area (Å²) in [4.78, 5) is 27.0. The van der Waals surface area contributed by atoms with Crippen LogP contribution in [0.2, 0.25) is 0 Å². The highest BCUT2D eigenvalue weighted by Gasteiger charge is 2.20. The van der Waals surface area contributed by atoms with Gasteiger partial charge < -0.3 is 14.8 Å². The number of amides is 1. The van der Waals surface area contributed by atoms with Crippen LogP contribution in [0.3, 0.4) is 0 Å². The lowest BCUT2D eigenvalue weighted by Crippen LogP contribution is -2.23. The maximum atomic E-state index is 11.9. The van der Waals surface area contributed by atoms with E-state index < -0.39 is 5.97 Å². The van der Waals surface area contributed by atoms with E-state index in [1.54, 1.807) is 35.2 Å². The van der Waals surface area contributed by atoms with Crippen LogP contribution in [0.25, 0.3) is 11.0 Å². The van der Waals surface area contributed by atoms with E-state index in [9.17, 15) is 14.7 Å². The van der Waals surface area contributed by atoms with E-state index in [4.69, 9.17) is 4.42 Å². The molecule has 1 amide bonds. The van der Waals surface area contributed by atoms with E-state index in [0.29, 0.717) is 22.2 Å². The predicted molar refractivity (Wildman–Crippen MR) is 76.5 cm³/mol. The molecule has 0 spiro atoms.